The molecule has 1 aliphatic rings. The van der Waals surface area contributed by atoms with E-state index in [4.69, 9.17) is 22.4 Å². The summed E-state index contributed by atoms with van der Waals surface area (Å²) in [6.07, 6.45) is 4.17. The molecule has 0 spiro atoms. The Labute approximate surface area is 188 Å². The summed E-state index contributed by atoms with van der Waals surface area (Å²) < 4.78 is 3.08. The second-order valence-electron chi connectivity index (χ2n) is 7.53. The number of carbonyl (C=O) groups is 1. The molecule has 9 nitrogen and oxygen atoms in total. The molecule has 10 heteroatoms. The van der Waals surface area contributed by atoms with Gasteiger partial charge in [0.25, 0.3) is 5.56 Å². The quantitative estimate of drug-likeness (QED) is 0.466. The van der Waals surface area contributed by atoms with Gasteiger partial charge in [-0.2, -0.15) is 10.1 Å². The average molecular weight is 450 g/mol. The highest BCUT2D eigenvalue weighted by Crippen LogP contribution is 2.38. The Morgan fingerprint density at radius 3 is 2.72 bits per heavy atom. The number of halogens is 1. The van der Waals surface area contributed by atoms with Gasteiger partial charge in [0.15, 0.2) is 11.6 Å². The number of nitrogens with two attached hydrogens (primary N) is 1. The van der Waals surface area contributed by atoms with Gasteiger partial charge in [0.2, 0.25) is 5.95 Å². The lowest BCUT2D eigenvalue weighted by Crippen LogP contribution is -2.46. The molecule has 1 aromatic carbocycles. The van der Waals surface area contributed by atoms with Crippen LogP contribution in [0, 0.1) is 0 Å². The van der Waals surface area contributed by atoms with Crippen molar-refractivity contribution in [3.05, 3.63) is 75.6 Å². The summed E-state index contributed by atoms with van der Waals surface area (Å²) in [6, 6.07) is 10.6. The third-order valence-corrected chi connectivity index (χ3v) is 5.98. The van der Waals surface area contributed by atoms with Crippen LogP contribution in [0.1, 0.15) is 42.0 Å². The SMILES string of the molecule is CCC(=O)c1cnc(N)nc1N1CCC1c1nn2ccc(Cl)c2c(=O)n1-c1ccccc1. The first-order valence-corrected chi connectivity index (χ1v) is 10.6. The van der Waals surface area contributed by atoms with Crippen molar-refractivity contribution in [2.24, 2.45) is 0 Å². The van der Waals surface area contributed by atoms with Crippen LogP contribution in [0.4, 0.5) is 11.8 Å². The van der Waals surface area contributed by atoms with Crippen molar-refractivity contribution in [1.29, 1.82) is 0 Å². The average Bonchev–Trinajstić information content (AvgIpc) is 3.14. The molecule has 0 amide bonds. The lowest BCUT2D eigenvalue weighted by atomic mass is 9.99. The molecule has 162 valence electrons. The Balaban J connectivity index is 1.71. The van der Waals surface area contributed by atoms with Crippen LogP contribution in [0.2, 0.25) is 5.02 Å². The third kappa shape index (κ3) is 3.13. The Hall–Kier alpha value is -3.72. The summed E-state index contributed by atoms with van der Waals surface area (Å²) in [5, 5.41) is 5.08. The van der Waals surface area contributed by atoms with Crippen LogP contribution < -0.4 is 16.2 Å². The Kier molecular flexibility index (Phi) is 4.90. The van der Waals surface area contributed by atoms with E-state index < -0.39 is 0 Å². The monoisotopic (exact) mass is 449 g/mol. The molecule has 1 unspecified atom stereocenters. The second kappa shape index (κ2) is 7.76. The zero-order chi connectivity index (χ0) is 22.4. The summed E-state index contributed by atoms with van der Waals surface area (Å²) in [6.45, 7) is 2.43. The van der Waals surface area contributed by atoms with E-state index in [9.17, 15) is 9.59 Å². The molecule has 1 atom stereocenters. The molecule has 4 aromatic rings. The molecule has 0 radical (unpaired) electrons. The fourth-order valence-electron chi connectivity index (χ4n) is 3.99. The van der Waals surface area contributed by atoms with E-state index in [2.05, 4.69) is 9.97 Å². The van der Waals surface area contributed by atoms with Crippen LogP contribution in [0.25, 0.3) is 11.2 Å². The van der Waals surface area contributed by atoms with Gasteiger partial charge in [0.05, 0.1) is 22.3 Å². The largest absolute Gasteiger partial charge is 0.368 e. The number of hydrogen-bond donors (Lipinski definition) is 1. The molecule has 0 aliphatic carbocycles. The van der Waals surface area contributed by atoms with Gasteiger partial charge in [-0.3, -0.25) is 14.2 Å². The number of nitrogens with zero attached hydrogens (tertiary/aromatic N) is 6. The fourth-order valence-corrected chi connectivity index (χ4v) is 4.21. The first-order chi connectivity index (χ1) is 15.5. The summed E-state index contributed by atoms with van der Waals surface area (Å²) in [7, 11) is 0. The summed E-state index contributed by atoms with van der Waals surface area (Å²) in [4.78, 5) is 36.3. The fraction of sp³-hybridized carbons (Fsp3) is 0.227. The highest BCUT2D eigenvalue weighted by atomic mass is 35.5. The van der Waals surface area contributed by atoms with Gasteiger partial charge >= 0.3 is 0 Å². The normalized spacial score (nSPS) is 15.7. The molecule has 1 fully saturated rings. The van der Waals surface area contributed by atoms with Gasteiger partial charge in [-0.15, -0.1) is 0 Å². The zero-order valence-electron chi connectivity index (χ0n) is 17.3. The van der Waals surface area contributed by atoms with Gasteiger partial charge in [-0.1, -0.05) is 36.7 Å². The van der Waals surface area contributed by atoms with E-state index in [-0.39, 0.29) is 23.3 Å². The molecule has 3 aromatic heterocycles. The first kappa shape index (κ1) is 20.2. The number of anilines is 2. The van der Waals surface area contributed by atoms with Crippen LogP contribution in [0.5, 0.6) is 0 Å². The van der Waals surface area contributed by atoms with Crippen LogP contribution >= 0.6 is 11.6 Å². The number of rotatable bonds is 5. The van der Waals surface area contributed by atoms with Crippen molar-refractivity contribution in [1.82, 2.24) is 24.1 Å². The van der Waals surface area contributed by atoms with Crippen LogP contribution in [0.15, 0.2) is 53.6 Å². The van der Waals surface area contributed by atoms with Crippen molar-refractivity contribution in [3.63, 3.8) is 0 Å². The van der Waals surface area contributed by atoms with E-state index >= 15 is 0 Å². The molecule has 0 saturated carbocycles. The topological polar surface area (TPSA) is 111 Å². The van der Waals surface area contributed by atoms with Crippen molar-refractivity contribution in [3.8, 4) is 5.69 Å². The van der Waals surface area contributed by atoms with Crippen molar-refractivity contribution in [2.45, 2.75) is 25.8 Å². The third-order valence-electron chi connectivity index (χ3n) is 5.68. The minimum atomic E-state index is -0.286. The van der Waals surface area contributed by atoms with E-state index in [1.165, 1.54) is 10.7 Å². The maximum atomic E-state index is 13.5. The molecule has 1 aliphatic heterocycles. The number of para-hydroxylation sites is 1. The summed E-state index contributed by atoms with van der Waals surface area (Å²) >= 11 is 6.28. The maximum absolute atomic E-state index is 13.5. The van der Waals surface area contributed by atoms with Crippen LogP contribution in [-0.2, 0) is 0 Å². The molecule has 2 N–H and O–H groups in total. The van der Waals surface area contributed by atoms with E-state index in [0.29, 0.717) is 46.4 Å². The van der Waals surface area contributed by atoms with Gasteiger partial charge in [-0.05, 0) is 24.6 Å². The summed E-state index contributed by atoms with van der Waals surface area (Å²) in [5.41, 5.74) is 6.96. The van der Waals surface area contributed by atoms with Crippen molar-refractivity contribution < 1.29 is 4.79 Å². The van der Waals surface area contributed by atoms with Gasteiger partial charge in [-0.25, -0.2) is 9.50 Å². The Bertz CT molecular complexity index is 1400. The first-order valence-electron chi connectivity index (χ1n) is 10.3. The number of benzene rings is 1. The van der Waals surface area contributed by atoms with Gasteiger partial charge in [0.1, 0.15) is 11.3 Å². The number of Topliss-reactive ketones (excluding diaryl/α,β-unsaturated/α-hetero) is 1. The predicted octanol–water partition coefficient (Wildman–Crippen LogP) is 3.05. The van der Waals surface area contributed by atoms with Crippen molar-refractivity contribution in [2.75, 3.05) is 17.2 Å². The van der Waals surface area contributed by atoms with E-state index in [1.807, 2.05) is 35.2 Å². The van der Waals surface area contributed by atoms with Crippen molar-refractivity contribution >= 4 is 34.7 Å². The van der Waals surface area contributed by atoms with E-state index in [0.717, 1.165) is 6.42 Å². The molecule has 5 rings (SSSR count). The van der Waals surface area contributed by atoms with Crippen LogP contribution in [-0.4, -0.2) is 36.5 Å². The number of carbonyl (C=O) groups excluding carboxylic acids is 1. The number of ketones is 1. The molecule has 32 heavy (non-hydrogen) atoms. The minimum Gasteiger partial charge on any atom is -0.368 e. The molecule has 1 saturated heterocycles. The Morgan fingerprint density at radius 1 is 1.25 bits per heavy atom. The smallest absolute Gasteiger partial charge is 0.284 e. The lowest BCUT2D eigenvalue weighted by Gasteiger charge is -2.42. The molecule has 0 bridgehead atoms. The molecule has 4 heterocycles. The zero-order valence-corrected chi connectivity index (χ0v) is 18.0. The highest BCUT2D eigenvalue weighted by molar-refractivity contribution is 6.33. The van der Waals surface area contributed by atoms with Gasteiger partial charge < -0.3 is 10.6 Å². The molecular formula is C22H20ClN7O2. The second-order valence-corrected chi connectivity index (χ2v) is 7.94. The maximum Gasteiger partial charge on any atom is 0.284 e. The summed E-state index contributed by atoms with van der Waals surface area (Å²) in [5.74, 6) is 0.991. The minimum absolute atomic E-state index is 0.0771. The van der Waals surface area contributed by atoms with Crippen LogP contribution in [0.3, 0.4) is 0 Å². The number of nitrogen functional groups attached to an aromatic ring is 1. The van der Waals surface area contributed by atoms with Gasteiger partial charge in [0, 0.05) is 25.4 Å². The Morgan fingerprint density at radius 2 is 2.03 bits per heavy atom. The highest BCUT2D eigenvalue weighted by Gasteiger charge is 2.37. The number of fused-ring (bicyclic) bond motifs is 1. The lowest BCUT2D eigenvalue weighted by molar-refractivity contribution is 0.0987. The van der Waals surface area contributed by atoms with E-state index in [1.54, 1.807) is 23.8 Å². The predicted molar refractivity (Wildman–Crippen MR) is 122 cm³/mol. The molecular weight excluding hydrogens is 430 g/mol. The standard InChI is InChI=1S/C22H20ClN7O2/c1-2-17(31)14-12-25-22(24)26-19(14)28-10-9-16(28)20-27-29-11-8-15(23)18(29)21(32)30(20)13-6-4-3-5-7-13/h3-8,11-12,16H,2,9-10H2,1H3,(H2,24,25,26). The number of aromatic nitrogens is 5. The number of hydrogen-bond acceptors (Lipinski definition) is 7.